The molecule has 0 saturated carbocycles. The van der Waals surface area contributed by atoms with Crippen LogP contribution in [0.1, 0.15) is 19.4 Å². The van der Waals surface area contributed by atoms with Crippen LogP contribution < -0.4 is 5.32 Å². The fourth-order valence-corrected chi connectivity index (χ4v) is 4.57. The van der Waals surface area contributed by atoms with Crippen LogP contribution in [0.4, 0.5) is 4.79 Å². The van der Waals surface area contributed by atoms with E-state index >= 15 is 0 Å². The van der Waals surface area contributed by atoms with Gasteiger partial charge in [0.2, 0.25) is 0 Å². The van der Waals surface area contributed by atoms with E-state index in [4.69, 9.17) is 12.2 Å². The van der Waals surface area contributed by atoms with E-state index in [1.54, 1.807) is 6.21 Å². The number of thiocarbonyl (C=S) groups is 1. The highest BCUT2D eigenvalue weighted by molar-refractivity contribution is 8.24. The van der Waals surface area contributed by atoms with Crippen LogP contribution in [-0.2, 0) is 0 Å². The largest absolute Gasteiger partial charge is 0.361 e. The lowest BCUT2D eigenvalue weighted by molar-refractivity contribution is -0.117. The fraction of sp³-hybridized carbons (Fsp3) is 0.312. The summed E-state index contributed by atoms with van der Waals surface area (Å²) in [5.41, 5.74) is 1.91. The Morgan fingerprint density at radius 1 is 1.52 bits per heavy atom. The second-order valence-electron chi connectivity index (χ2n) is 6.12. The van der Waals surface area contributed by atoms with Gasteiger partial charge in [0.05, 0.1) is 11.0 Å². The number of H-pyrrole nitrogens is 1. The van der Waals surface area contributed by atoms with E-state index in [1.807, 2.05) is 44.3 Å². The van der Waals surface area contributed by atoms with Gasteiger partial charge in [0.25, 0.3) is 0 Å². The first kappa shape index (κ1) is 17.7. The molecule has 3 N–H and O–H groups in total. The molecule has 2 aromatic rings. The van der Waals surface area contributed by atoms with E-state index in [-0.39, 0.29) is 0 Å². The second-order valence-corrected chi connectivity index (χ2v) is 8.41. The summed E-state index contributed by atoms with van der Waals surface area (Å²) >= 11 is 6.79. The molecule has 9 heteroatoms. The summed E-state index contributed by atoms with van der Waals surface area (Å²) < 4.78 is -0.0235. The van der Waals surface area contributed by atoms with Gasteiger partial charge in [-0.05, 0) is 19.9 Å². The highest BCUT2D eigenvalue weighted by Gasteiger charge is 2.49. The summed E-state index contributed by atoms with van der Waals surface area (Å²) in [6, 6.07) is 7.27. The number of rotatable bonds is 3. The number of para-hydroxylation sites is 1. The van der Waals surface area contributed by atoms with Crippen molar-refractivity contribution in [3.63, 3.8) is 0 Å². The molecular weight excluding hydrogens is 358 g/mol. The van der Waals surface area contributed by atoms with Crippen molar-refractivity contribution >= 4 is 51.4 Å². The second kappa shape index (κ2) is 6.66. The molecule has 0 unspecified atom stereocenters. The van der Waals surface area contributed by atoms with Gasteiger partial charge >= 0.3 is 6.03 Å². The van der Waals surface area contributed by atoms with Crippen molar-refractivity contribution < 1.29 is 10.0 Å². The van der Waals surface area contributed by atoms with E-state index in [2.05, 4.69) is 15.4 Å². The number of hydrazone groups is 1. The fourth-order valence-electron chi connectivity index (χ4n) is 2.78. The zero-order valence-corrected chi connectivity index (χ0v) is 15.7. The van der Waals surface area contributed by atoms with Crippen molar-refractivity contribution in [2.24, 2.45) is 5.10 Å². The molecular formula is C16H19N5O2S2. The molecule has 1 atom stereocenters. The number of thioether (sulfide) groups is 1. The summed E-state index contributed by atoms with van der Waals surface area (Å²) in [4.78, 5) is 15.1. The number of nitrogens with one attached hydrogen (secondary N) is 2. The molecule has 0 spiro atoms. The Morgan fingerprint density at radius 2 is 2.24 bits per heavy atom. The van der Waals surface area contributed by atoms with Gasteiger partial charge in [-0.15, -0.1) is 0 Å². The Hall–Kier alpha value is -2.10. The van der Waals surface area contributed by atoms with E-state index < -0.39 is 16.9 Å². The number of hydrogen-bond acceptors (Lipinski definition) is 5. The van der Waals surface area contributed by atoms with Crippen molar-refractivity contribution in [1.29, 1.82) is 0 Å². The van der Waals surface area contributed by atoms with Gasteiger partial charge < -0.3 is 10.3 Å². The van der Waals surface area contributed by atoms with Crippen LogP contribution in [0.2, 0.25) is 0 Å². The SMILES string of the molecule is CNC(=O)N(O)[C@@H]1N(/N=C/c2c[nH]c3ccccc23)C(=S)SC1(C)C. The minimum Gasteiger partial charge on any atom is -0.361 e. The number of nitrogens with zero attached hydrogens (tertiary/aromatic N) is 3. The van der Waals surface area contributed by atoms with Gasteiger partial charge in [-0.2, -0.15) is 10.2 Å². The van der Waals surface area contributed by atoms with Gasteiger partial charge in [0.15, 0.2) is 10.5 Å². The standard InChI is InChI=1S/C16H19N5O2S2/c1-16(2)13(21(23)14(22)17-3)20(15(24)25-16)19-9-10-8-18-12-7-5-4-6-11(10)12/h4-9,13,18,23H,1-3H3,(H,17,22)/b19-9+/t13-/m0/s1. The predicted octanol–water partition coefficient (Wildman–Crippen LogP) is 2.97. The van der Waals surface area contributed by atoms with E-state index in [1.165, 1.54) is 23.8 Å². The molecule has 0 bridgehead atoms. The van der Waals surface area contributed by atoms with Crippen molar-refractivity contribution in [3.05, 3.63) is 36.0 Å². The number of urea groups is 1. The number of amides is 2. The Balaban J connectivity index is 1.93. The van der Waals surface area contributed by atoms with Crippen LogP contribution in [0.15, 0.2) is 35.6 Å². The first-order chi connectivity index (χ1) is 11.8. The minimum atomic E-state index is -0.716. The van der Waals surface area contributed by atoms with Gasteiger partial charge in [-0.25, -0.2) is 9.80 Å². The van der Waals surface area contributed by atoms with E-state index in [0.717, 1.165) is 16.5 Å². The lowest BCUT2D eigenvalue weighted by Crippen LogP contribution is -2.55. The summed E-state index contributed by atoms with van der Waals surface area (Å²) in [6.07, 6.45) is 2.82. The van der Waals surface area contributed by atoms with Crippen LogP contribution >= 0.6 is 24.0 Å². The van der Waals surface area contributed by atoms with Crippen molar-refractivity contribution in [2.75, 3.05) is 7.05 Å². The number of hydrogen-bond donors (Lipinski definition) is 3. The third kappa shape index (κ3) is 3.22. The van der Waals surface area contributed by atoms with Gasteiger partial charge in [0.1, 0.15) is 0 Å². The van der Waals surface area contributed by atoms with Crippen LogP contribution in [0.25, 0.3) is 10.9 Å². The minimum absolute atomic E-state index is 0.494. The normalized spacial score (nSPS) is 19.8. The van der Waals surface area contributed by atoms with E-state index in [0.29, 0.717) is 9.38 Å². The first-order valence-electron chi connectivity index (χ1n) is 7.67. The summed E-state index contributed by atoms with van der Waals surface area (Å²) in [6.45, 7) is 3.81. The Bertz CT molecular complexity index is 848. The molecule has 1 aromatic carbocycles. The monoisotopic (exact) mass is 377 g/mol. The van der Waals surface area contributed by atoms with Crippen LogP contribution in [-0.4, -0.2) is 54.8 Å². The lowest BCUT2D eigenvalue weighted by Gasteiger charge is -2.33. The number of benzene rings is 1. The number of aromatic amines is 1. The quantitative estimate of drug-likeness (QED) is 0.331. The molecule has 3 rings (SSSR count). The highest BCUT2D eigenvalue weighted by Crippen LogP contribution is 2.42. The molecule has 0 aliphatic carbocycles. The molecule has 1 fully saturated rings. The molecule has 25 heavy (non-hydrogen) atoms. The number of carbonyl (C=O) groups excluding carboxylic acids is 1. The zero-order chi connectivity index (χ0) is 18.2. The summed E-state index contributed by atoms with van der Waals surface area (Å²) in [5.74, 6) is 0. The maximum atomic E-state index is 11.9. The summed E-state index contributed by atoms with van der Waals surface area (Å²) in [5, 5.41) is 20.3. The first-order valence-corrected chi connectivity index (χ1v) is 8.90. The number of aromatic nitrogens is 1. The maximum absolute atomic E-state index is 11.9. The molecule has 2 amide bonds. The Morgan fingerprint density at radius 3 is 2.96 bits per heavy atom. The number of hydroxylamine groups is 2. The van der Waals surface area contributed by atoms with Crippen LogP contribution in [0, 0.1) is 0 Å². The Kier molecular flexibility index (Phi) is 4.72. The van der Waals surface area contributed by atoms with Gasteiger partial charge in [0, 0.05) is 29.7 Å². The summed E-state index contributed by atoms with van der Waals surface area (Å²) in [7, 11) is 1.46. The maximum Gasteiger partial charge on any atom is 0.343 e. The van der Waals surface area contributed by atoms with Crippen molar-refractivity contribution in [2.45, 2.75) is 24.8 Å². The molecule has 132 valence electrons. The third-order valence-corrected chi connectivity index (χ3v) is 5.52. The average Bonchev–Trinajstić information content (AvgIpc) is 3.09. The molecule has 1 saturated heterocycles. The molecule has 7 nitrogen and oxygen atoms in total. The molecule has 1 aliphatic heterocycles. The van der Waals surface area contributed by atoms with Gasteiger partial charge in [-0.3, -0.25) is 5.21 Å². The van der Waals surface area contributed by atoms with Crippen LogP contribution in [0.3, 0.4) is 0 Å². The zero-order valence-electron chi connectivity index (χ0n) is 14.1. The van der Waals surface area contributed by atoms with Crippen molar-refractivity contribution in [1.82, 2.24) is 20.4 Å². The number of carbonyl (C=O) groups is 1. The van der Waals surface area contributed by atoms with Crippen LogP contribution in [0.5, 0.6) is 0 Å². The lowest BCUT2D eigenvalue weighted by atomic mass is 10.1. The highest BCUT2D eigenvalue weighted by atomic mass is 32.2. The molecule has 1 aromatic heterocycles. The molecule has 2 heterocycles. The van der Waals surface area contributed by atoms with Gasteiger partial charge in [-0.1, -0.05) is 42.2 Å². The van der Waals surface area contributed by atoms with E-state index in [9.17, 15) is 10.0 Å². The molecule has 0 radical (unpaired) electrons. The van der Waals surface area contributed by atoms with Crippen molar-refractivity contribution in [3.8, 4) is 0 Å². The molecule has 1 aliphatic rings. The third-order valence-electron chi connectivity index (χ3n) is 3.99. The smallest absolute Gasteiger partial charge is 0.343 e. The average molecular weight is 377 g/mol. The Labute approximate surface area is 155 Å². The predicted molar refractivity (Wildman–Crippen MR) is 104 cm³/mol. The topological polar surface area (TPSA) is 84.0 Å². The number of fused-ring (bicyclic) bond motifs is 1.